The summed E-state index contributed by atoms with van der Waals surface area (Å²) >= 11 is 0. The third kappa shape index (κ3) is 4.86. The zero-order valence-electron chi connectivity index (χ0n) is 16.9. The maximum atomic E-state index is 14.7. The lowest BCUT2D eigenvalue weighted by Crippen LogP contribution is -2.04. The van der Waals surface area contributed by atoms with E-state index in [-0.39, 0.29) is 17.9 Å². The smallest absolute Gasteiger partial charge is 0.129 e. The van der Waals surface area contributed by atoms with E-state index in [9.17, 15) is 8.78 Å². The van der Waals surface area contributed by atoms with Crippen molar-refractivity contribution in [2.24, 2.45) is 0 Å². The first-order valence-electron chi connectivity index (χ1n) is 10.1. The number of rotatable bonds is 7. The van der Waals surface area contributed by atoms with Crippen LogP contribution in [0.4, 0.5) is 8.78 Å². The van der Waals surface area contributed by atoms with E-state index in [1.165, 1.54) is 17.7 Å². The Balaban J connectivity index is 1.87. The van der Waals surface area contributed by atoms with Gasteiger partial charge in [0.2, 0.25) is 0 Å². The molecule has 0 radical (unpaired) electrons. The third-order valence-corrected chi connectivity index (χ3v) is 5.45. The maximum absolute atomic E-state index is 14.7. The Labute approximate surface area is 167 Å². The molecule has 0 nitrogen and oxygen atoms in total. The number of hydrogen-bond donors (Lipinski definition) is 0. The summed E-state index contributed by atoms with van der Waals surface area (Å²) in [6.45, 7) is 6.14. The van der Waals surface area contributed by atoms with Crippen molar-refractivity contribution < 1.29 is 8.78 Å². The van der Waals surface area contributed by atoms with Gasteiger partial charge in [-0.1, -0.05) is 67.9 Å². The van der Waals surface area contributed by atoms with Crippen molar-refractivity contribution in [2.75, 3.05) is 0 Å². The van der Waals surface area contributed by atoms with Gasteiger partial charge < -0.3 is 0 Å². The molecule has 0 aromatic heterocycles. The van der Waals surface area contributed by atoms with Crippen molar-refractivity contribution in [1.29, 1.82) is 0 Å². The van der Waals surface area contributed by atoms with Gasteiger partial charge in [-0.3, -0.25) is 0 Å². The molecule has 28 heavy (non-hydrogen) atoms. The number of hydrogen-bond acceptors (Lipinski definition) is 0. The Hall–Kier alpha value is -2.48. The van der Waals surface area contributed by atoms with Crippen molar-refractivity contribution in [3.05, 3.63) is 106 Å². The zero-order chi connectivity index (χ0) is 20.1. The Morgan fingerprint density at radius 1 is 0.714 bits per heavy atom. The largest absolute Gasteiger partial charge is 0.207 e. The first-order valence-corrected chi connectivity index (χ1v) is 10.1. The molecule has 0 spiro atoms. The van der Waals surface area contributed by atoms with Crippen LogP contribution in [0.2, 0.25) is 0 Å². The highest BCUT2D eigenvalue weighted by Crippen LogP contribution is 2.28. The first-order chi connectivity index (χ1) is 13.5. The highest BCUT2D eigenvalue weighted by atomic mass is 19.1. The molecule has 2 heteroatoms. The lowest BCUT2D eigenvalue weighted by atomic mass is 9.91. The normalized spacial score (nSPS) is 11.2. The Morgan fingerprint density at radius 2 is 1.29 bits per heavy atom. The molecule has 0 aliphatic heterocycles. The first kappa shape index (κ1) is 20.3. The summed E-state index contributed by atoms with van der Waals surface area (Å²) in [7, 11) is 0. The summed E-state index contributed by atoms with van der Waals surface area (Å²) in [5, 5.41) is 0. The van der Waals surface area contributed by atoms with Crippen LogP contribution in [-0.2, 0) is 12.8 Å². The molecule has 0 fully saturated rings. The van der Waals surface area contributed by atoms with Crippen LogP contribution in [0.25, 0.3) is 0 Å². The Morgan fingerprint density at radius 3 is 1.86 bits per heavy atom. The topological polar surface area (TPSA) is 0 Å². The van der Waals surface area contributed by atoms with Crippen LogP contribution < -0.4 is 0 Å². The third-order valence-electron chi connectivity index (χ3n) is 5.45. The molecular weight excluding hydrogens is 350 g/mol. The molecule has 0 unspecified atom stereocenters. The molecule has 0 saturated heterocycles. The van der Waals surface area contributed by atoms with Crippen LogP contribution in [0.1, 0.15) is 66.0 Å². The van der Waals surface area contributed by atoms with Gasteiger partial charge in [-0.15, -0.1) is 0 Å². The second kappa shape index (κ2) is 9.14. The minimum Gasteiger partial charge on any atom is -0.207 e. The standard InChI is InChI=1S/C26H28F2/c1-4-22(5-2)23-16-25(27)24(26(28)17-23)15-21-12-18(3)11-20(14-21)13-19-9-7-6-8-10-19/h6-12,14,16-17,22H,4-5,13,15H2,1-3H3. The van der Waals surface area contributed by atoms with Gasteiger partial charge in [-0.25, -0.2) is 8.78 Å². The Bertz CT molecular complexity index is 901. The van der Waals surface area contributed by atoms with Crippen molar-refractivity contribution in [3.63, 3.8) is 0 Å². The van der Waals surface area contributed by atoms with Crippen LogP contribution >= 0.6 is 0 Å². The molecule has 0 amide bonds. The van der Waals surface area contributed by atoms with Crippen molar-refractivity contribution >= 4 is 0 Å². The molecule has 0 N–H and O–H groups in total. The minimum atomic E-state index is -0.437. The summed E-state index contributed by atoms with van der Waals surface area (Å²) < 4.78 is 29.5. The van der Waals surface area contributed by atoms with E-state index in [1.54, 1.807) is 0 Å². The summed E-state index contributed by atoms with van der Waals surface area (Å²) in [4.78, 5) is 0. The quantitative estimate of drug-likeness (QED) is 0.403. The van der Waals surface area contributed by atoms with Crippen molar-refractivity contribution in [3.8, 4) is 0 Å². The van der Waals surface area contributed by atoms with Crippen LogP contribution in [-0.4, -0.2) is 0 Å². The molecule has 0 saturated carbocycles. The van der Waals surface area contributed by atoms with Crippen LogP contribution in [0.3, 0.4) is 0 Å². The molecule has 0 heterocycles. The highest BCUT2D eigenvalue weighted by molar-refractivity contribution is 5.38. The minimum absolute atomic E-state index is 0.158. The number of halogens is 2. The average Bonchev–Trinajstić information content (AvgIpc) is 2.66. The predicted molar refractivity (Wildman–Crippen MR) is 113 cm³/mol. The molecule has 0 atom stereocenters. The molecule has 3 rings (SSSR count). The summed E-state index contributed by atoms with van der Waals surface area (Å²) in [5.41, 5.74) is 5.36. The molecule has 0 aliphatic carbocycles. The molecular formula is C26H28F2. The second-order valence-electron chi connectivity index (χ2n) is 7.64. The maximum Gasteiger partial charge on any atom is 0.129 e. The van der Waals surface area contributed by atoms with E-state index in [0.29, 0.717) is 0 Å². The highest BCUT2D eigenvalue weighted by Gasteiger charge is 2.16. The van der Waals surface area contributed by atoms with Gasteiger partial charge in [0.25, 0.3) is 0 Å². The summed E-state index contributed by atoms with van der Waals surface area (Å²) in [6.07, 6.45) is 2.85. The SMILES string of the molecule is CCC(CC)c1cc(F)c(Cc2cc(C)cc(Cc3ccccc3)c2)c(F)c1. The van der Waals surface area contributed by atoms with Crippen molar-refractivity contribution in [2.45, 2.75) is 52.4 Å². The van der Waals surface area contributed by atoms with Gasteiger partial charge >= 0.3 is 0 Å². The van der Waals surface area contributed by atoms with Crippen molar-refractivity contribution in [1.82, 2.24) is 0 Å². The van der Waals surface area contributed by atoms with Gasteiger partial charge in [0, 0.05) is 12.0 Å². The van der Waals surface area contributed by atoms with E-state index < -0.39 is 11.6 Å². The van der Waals surface area contributed by atoms with E-state index in [1.807, 2.05) is 31.2 Å². The van der Waals surface area contributed by atoms with Gasteiger partial charge in [0.05, 0.1) is 0 Å². The lowest BCUT2D eigenvalue weighted by Gasteiger charge is -2.15. The van der Waals surface area contributed by atoms with E-state index in [2.05, 4.69) is 38.1 Å². The second-order valence-corrected chi connectivity index (χ2v) is 7.64. The fraction of sp³-hybridized carbons (Fsp3) is 0.308. The molecule has 146 valence electrons. The summed E-state index contributed by atoms with van der Waals surface area (Å²) in [5.74, 6) is -0.671. The number of benzene rings is 3. The molecule has 3 aromatic carbocycles. The van der Waals surface area contributed by atoms with Crippen LogP contribution in [0, 0.1) is 18.6 Å². The van der Waals surface area contributed by atoms with Crippen LogP contribution in [0.15, 0.2) is 60.7 Å². The van der Waals surface area contributed by atoms with E-state index in [0.717, 1.165) is 41.5 Å². The van der Waals surface area contributed by atoms with E-state index in [4.69, 9.17) is 0 Å². The summed E-state index contributed by atoms with van der Waals surface area (Å²) in [6, 6.07) is 19.5. The van der Waals surface area contributed by atoms with E-state index >= 15 is 0 Å². The van der Waals surface area contributed by atoms with Gasteiger partial charge in [-0.05, 0) is 66.5 Å². The zero-order valence-corrected chi connectivity index (χ0v) is 16.9. The fourth-order valence-electron chi connectivity index (χ4n) is 3.98. The molecule has 0 bridgehead atoms. The number of aryl methyl sites for hydroxylation is 1. The lowest BCUT2D eigenvalue weighted by molar-refractivity contribution is 0.547. The molecule has 3 aromatic rings. The van der Waals surface area contributed by atoms with Gasteiger partial charge in [0.15, 0.2) is 0 Å². The molecule has 0 aliphatic rings. The Kier molecular flexibility index (Phi) is 6.61. The van der Waals surface area contributed by atoms with Gasteiger partial charge in [0.1, 0.15) is 11.6 Å². The van der Waals surface area contributed by atoms with Crippen LogP contribution in [0.5, 0.6) is 0 Å². The predicted octanol–water partition coefficient (Wildman–Crippen LogP) is 7.36. The average molecular weight is 379 g/mol. The fourth-order valence-corrected chi connectivity index (χ4v) is 3.98. The monoisotopic (exact) mass is 378 g/mol. The van der Waals surface area contributed by atoms with Gasteiger partial charge in [-0.2, -0.15) is 0 Å².